The molecular formula is C13H22NO2S+. The van der Waals surface area contributed by atoms with Crippen LogP contribution in [0.25, 0.3) is 0 Å². The second kappa shape index (κ2) is 6.64. The molecule has 2 N–H and O–H groups in total. The van der Waals surface area contributed by atoms with Crippen molar-refractivity contribution in [3.63, 3.8) is 0 Å². The third-order valence-corrected chi connectivity index (χ3v) is 4.82. The summed E-state index contributed by atoms with van der Waals surface area (Å²) < 4.78 is 0. The van der Waals surface area contributed by atoms with Gasteiger partial charge in [-0.15, -0.1) is 0 Å². The van der Waals surface area contributed by atoms with Crippen molar-refractivity contribution >= 4 is 21.6 Å². The van der Waals surface area contributed by atoms with Gasteiger partial charge in [0.05, 0.1) is 0 Å². The Kier molecular flexibility index (Phi) is 5.48. The second-order valence-corrected chi connectivity index (χ2v) is 6.18. The maximum atomic E-state index is 10.9. The smallest absolute Gasteiger partial charge is 0.412 e. The average molecular weight is 256 g/mol. The van der Waals surface area contributed by atoms with Gasteiger partial charge < -0.3 is 5.11 Å². The number of hydrogen-bond donors (Lipinski definition) is 2. The molecule has 0 radical (unpaired) electrons. The molecule has 1 atom stereocenters. The van der Waals surface area contributed by atoms with Gasteiger partial charge in [0, 0.05) is 21.6 Å². The van der Waals surface area contributed by atoms with Crippen molar-refractivity contribution in [3.05, 3.63) is 16.5 Å². The highest BCUT2D eigenvalue weighted by molar-refractivity contribution is 7.33. The second-order valence-electron chi connectivity index (χ2n) is 4.10. The van der Waals surface area contributed by atoms with Gasteiger partial charge in [-0.2, -0.15) is 0 Å². The maximum Gasteiger partial charge on any atom is 0.412 e. The van der Waals surface area contributed by atoms with Gasteiger partial charge in [-0.05, 0) is 19.8 Å². The van der Waals surface area contributed by atoms with E-state index < -0.39 is 6.09 Å². The number of thiophene rings is 1. The van der Waals surface area contributed by atoms with Gasteiger partial charge in [0.2, 0.25) is 0 Å². The van der Waals surface area contributed by atoms with E-state index in [1.165, 1.54) is 11.1 Å². The molecule has 0 aliphatic heterocycles. The molecule has 0 aliphatic rings. The van der Waals surface area contributed by atoms with Gasteiger partial charge in [0.1, 0.15) is 11.1 Å². The zero-order valence-corrected chi connectivity index (χ0v) is 11.7. The van der Waals surface area contributed by atoms with Gasteiger partial charge in [0.15, 0.2) is 0 Å². The number of nitrogens with one attached hydrogen (secondary N) is 1. The zero-order valence-electron chi connectivity index (χ0n) is 10.9. The molecule has 0 bridgehead atoms. The van der Waals surface area contributed by atoms with Crippen LogP contribution in [-0.4, -0.2) is 11.2 Å². The number of aryl methyl sites for hydroxylation is 2. The monoisotopic (exact) mass is 256 g/mol. The van der Waals surface area contributed by atoms with Crippen molar-refractivity contribution < 1.29 is 9.90 Å². The zero-order chi connectivity index (χ0) is 12.8. The molecule has 1 aromatic heterocycles. The predicted molar refractivity (Wildman–Crippen MR) is 74.2 cm³/mol. The first-order valence-electron chi connectivity index (χ1n) is 6.27. The van der Waals surface area contributed by atoms with E-state index in [-0.39, 0.29) is 10.5 Å². The van der Waals surface area contributed by atoms with Crippen LogP contribution in [0.5, 0.6) is 0 Å². The number of carboxylic acid groups (broad SMARTS) is 1. The summed E-state index contributed by atoms with van der Waals surface area (Å²) in [6.45, 7) is 6.41. The summed E-state index contributed by atoms with van der Waals surface area (Å²) in [5.74, 6) is 0.982. The molecule has 0 aromatic carbocycles. The molecule has 1 rings (SSSR count). The molecule has 17 heavy (non-hydrogen) atoms. The van der Waals surface area contributed by atoms with Crippen molar-refractivity contribution in [3.8, 4) is 0 Å². The van der Waals surface area contributed by atoms with Crippen LogP contribution >= 0.6 is 10.5 Å². The molecule has 96 valence electrons. The maximum absolute atomic E-state index is 10.9. The SMILES string of the molecule is CCCc1c[s+](CC)c(NC(=O)O)c1CCC. The molecule has 1 heterocycles. The van der Waals surface area contributed by atoms with Gasteiger partial charge in [-0.3, -0.25) is 0 Å². The molecule has 3 nitrogen and oxygen atoms in total. The lowest BCUT2D eigenvalue weighted by Gasteiger charge is -2.01. The van der Waals surface area contributed by atoms with Crippen LogP contribution in [0, 0.1) is 0 Å². The number of rotatable bonds is 6. The van der Waals surface area contributed by atoms with Crippen LogP contribution in [0.1, 0.15) is 44.7 Å². The molecule has 0 spiro atoms. The fraction of sp³-hybridized carbons (Fsp3) is 0.615. The van der Waals surface area contributed by atoms with E-state index in [0.717, 1.165) is 36.4 Å². The van der Waals surface area contributed by atoms with Crippen LogP contribution in [0.2, 0.25) is 0 Å². The van der Waals surface area contributed by atoms with Gasteiger partial charge in [-0.1, -0.05) is 26.7 Å². The van der Waals surface area contributed by atoms with Crippen molar-refractivity contribution in [2.24, 2.45) is 0 Å². The van der Waals surface area contributed by atoms with Crippen LogP contribution in [-0.2, 0) is 18.6 Å². The molecule has 1 unspecified atom stereocenters. The Balaban J connectivity index is 3.14. The first-order valence-corrected chi connectivity index (χ1v) is 7.73. The Hall–Kier alpha value is -1.03. The quantitative estimate of drug-likeness (QED) is 0.739. The molecule has 0 aliphatic carbocycles. The van der Waals surface area contributed by atoms with Crippen LogP contribution in [0.3, 0.4) is 0 Å². The minimum Gasteiger partial charge on any atom is -0.465 e. The topological polar surface area (TPSA) is 49.3 Å². The number of amides is 1. The fourth-order valence-corrected chi connectivity index (χ4v) is 4.02. The highest BCUT2D eigenvalue weighted by atomic mass is 32.2. The summed E-state index contributed by atoms with van der Waals surface area (Å²) in [6.07, 6.45) is 3.27. The minimum absolute atomic E-state index is 0.0301. The molecular weight excluding hydrogens is 234 g/mol. The van der Waals surface area contributed by atoms with E-state index in [4.69, 9.17) is 5.11 Å². The van der Waals surface area contributed by atoms with Crippen molar-refractivity contribution in [2.75, 3.05) is 5.32 Å². The largest absolute Gasteiger partial charge is 0.465 e. The molecule has 1 amide bonds. The number of hydrogen-bond acceptors (Lipinski definition) is 1. The average Bonchev–Trinajstić information content (AvgIpc) is 2.58. The lowest BCUT2D eigenvalue weighted by Crippen LogP contribution is -2.08. The number of anilines is 1. The highest BCUT2D eigenvalue weighted by Gasteiger charge is 2.24. The predicted octanol–water partition coefficient (Wildman–Crippen LogP) is 4.45. The Labute approximate surface area is 106 Å². The summed E-state index contributed by atoms with van der Waals surface area (Å²) in [7, 11) is -0.0301. The Morgan fingerprint density at radius 3 is 2.41 bits per heavy atom. The normalized spacial score (nSPS) is 11.6. The third-order valence-electron chi connectivity index (χ3n) is 2.76. The van der Waals surface area contributed by atoms with E-state index in [2.05, 4.69) is 31.5 Å². The lowest BCUT2D eigenvalue weighted by atomic mass is 10.0. The first kappa shape index (κ1) is 14.0. The highest BCUT2D eigenvalue weighted by Crippen LogP contribution is 2.40. The van der Waals surface area contributed by atoms with E-state index >= 15 is 0 Å². The van der Waals surface area contributed by atoms with Crippen LogP contribution < -0.4 is 5.32 Å². The van der Waals surface area contributed by atoms with Crippen molar-refractivity contribution in [2.45, 2.75) is 52.2 Å². The summed E-state index contributed by atoms with van der Waals surface area (Å²) in [5.41, 5.74) is 2.62. The van der Waals surface area contributed by atoms with E-state index in [1.807, 2.05) is 0 Å². The van der Waals surface area contributed by atoms with E-state index in [0.29, 0.717) is 0 Å². The summed E-state index contributed by atoms with van der Waals surface area (Å²) in [6, 6.07) is 0. The molecule has 0 fully saturated rings. The first-order chi connectivity index (χ1) is 8.13. The number of carbonyl (C=O) groups is 1. The summed E-state index contributed by atoms with van der Waals surface area (Å²) >= 11 is 0. The third kappa shape index (κ3) is 3.46. The van der Waals surface area contributed by atoms with Crippen LogP contribution in [0.15, 0.2) is 5.38 Å². The fourth-order valence-electron chi connectivity index (χ4n) is 2.07. The standard InChI is InChI=1S/C13H21NO2S/c1-4-7-10-9-17(6-3)12(14-13(15)16)11(10)8-5-2/h9,14H,4-8H2,1-3H3/p+1. The van der Waals surface area contributed by atoms with Crippen molar-refractivity contribution in [1.82, 2.24) is 0 Å². The summed E-state index contributed by atoms with van der Waals surface area (Å²) in [5, 5.41) is 14.8. The Bertz CT molecular complexity index is 385. The molecule has 4 heteroatoms. The molecule has 0 saturated heterocycles. The summed E-state index contributed by atoms with van der Waals surface area (Å²) in [4.78, 5) is 10.9. The lowest BCUT2D eigenvalue weighted by molar-refractivity contribution is 0.210. The van der Waals surface area contributed by atoms with E-state index in [9.17, 15) is 4.79 Å². The van der Waals surface area contributed by atoms with Crippen molar-refractivity contribution in [1.29, 1.82) is 0 Å². The van der Waals surface area contributed by atoms with Crippen LogP contribution in [0.4, 0.5) is 9.80 Å². The Morgan fingerprint density at radius 1 is 1.29 bits per heavy atom. The van der Waals surface area contributed by atoms with Gasteiger partial charge in [-0.25, -0.2) is 10.1 Å². The molecule has 1 aromatic rings. The van der Waals surface area contributed by atoms with E-state index in [1.54, 1.807) is 0 Å². The van der Waals surface area contributed by atoms with Gasteiger partial charge in [0.25, 0.3) is 5.00 Å². The Morgan fingerprint density at radius 2 is 1.94 bits per heavy atom. The minimum atomic E-state index is -0.939. The van der Waals surface area contributed by atoms with Gasteiger partial charge >= 0.3 is 6.09 Å². The molecule has 0 saturated carbocycles.